The lowest BCUT2D eigenvalue weighted by atomic mass is 10.1. The quantitative estimate of drug-likeness (QED) is 0.0720. The van der Waals surface area contributed by atoms with Crippen LogP contribution in [0.5, 0.6) is 0 Å². The number of nitrogens with zero attached hydrogens (tertiary/aromatic N) is 3. The maximum absolute atomic E-state index is 13.0. The average Bonchev–Trinajstić information content (AvgIpc) is 2.94. The number of carbonyl (C=O) groups excluding carboxylic acids is 2. The lowest BCUT2D eigenvalue weighted by Gasteiger charge is -2.49. The number of nitrogens with one attached hydrogen (secondary N) is 1. The third-order valence-corrected chi connectivity index (χ3v) is 12.9. The van der Waals surface area contributed by atoms with E-state index in [1.54, 1.807) is 23.9 Å². The lowest BCUT2D eigenvalue weighted by molar-refractivity contribution is -0.150. The summed E-state index contributed by atoms with van der Waals surface area (Å²) in [5, 5.41) is 23.7. The molecule has 2 aliphatic heterocycles. The smallest absolute Gasteiger partial charge is 0.353 e. The molecular weight excluding hydrogens is 716 g/mol. The summed E-state index contributed by atoms with van der Waals surface area (Å²) in [4.78, 5) is 60.6. The Morgan fingerprint density at radius 3 is 2.33 bits per heavy atom. The standard InChI is InChI=1S/C25H24Cl2N4O6S6/c1-3-38-25-28-11(2)4-18(30-25)43-10-42-16-7-41-23-20(22(35)31(23)21(16)24(36)37)29-17(32)8-39-14-5-13(27)15(6-12(14)26)40-9-19(33)34/h4-6,20,23H,3,7-10H2,1-2H3,(H,29,32)(H,33,34)(H,36,37)/t20-,23-/m1/s1. The molecule has 2 atom stereocenters. The van der Waals surface area contributed by atoms with E-state index in [0.29, 0.717) is 40.7 Å². The molecule has 3 heterocycles. The van der Waals surface area contributed by atoms with Gasteiger partial charge in [0.25, 0.3) is 5.91 Å². The highest BCUT2D eigenvalue weighted by Crippen LogP contribution is 2.44. The molecule has 0 aliphatic carbocycles. The number of hydrogen-bond donors (Lipinski definition) is 3. The number of carbonyl (C=O) groups is 4. The van der Waals surface area contributed by atoms with Crippen LogP contribution in [-0.2, 0) is 19.2 Å². The fraction of sp³-hybridized carbons (Fsp3) is 0.360. The van der Waals surface area contributed by atoms with Crippen molar-refractivity contribution in [2.45, 2.75) is 45.2 Å². The average molecular weight is 740 g/mol. The van der Waals surface area contributed by atoms with Gasteiger partial charge in [0.2, 0.25) is 5.91 Å². The molecule has 10 nitrogen and oxygen atoms in total. The second-order valence-corrected chi connectivity index (χ2v) is 16.3. The molecule has 2 amide bonds. The first-order chi connectivity index (χ1) is 20.5. The third-order valence-electron chi connectivity index (χ3n) is 5.67. The Labute approximate surface area is 283 Å². The Morgan fingerprint density at radius 2 is 1.70 bits per heavy atom. The first-order valence-electron chi connectivity index (χ1n) is 12.4. The van der Waals surface area contributed by atoms with Gasteiger partial charge in [0.15, 0.2) is 5.16 Å². The predicted octanol–water partition coefficient (Wildman–Crippen LogP) is 5.65. The minimum Gasteiger partial charge on any atom is -0.481 e. The van der Waals surface area contributed by atoms with Crippen LogP contribution in [-0.4, -0.2) is 88.3 Å². The van der Waals surface area contributed by atoms with E-state index in [0.717, 1.165) is 40.0 Å². The van der Waals surface area contributed by atoms with Crippen LogP contribution in [0, 0.1) is 6.92 Å². The molecule has 2 aromatic rings. The summed E-state index contributed by atoms with van der Waals surface area (Å²) >= 11 is 20.5. The molecule has 4 rings (SSSR count). The van der Waals surface area contributed by atoms with Gasteiger partial charge in [-0.2, -0.15) is 0 Å². The highest BCUT2D eigenvalue weighted by atomic mass is 35.5. The van der Waals surface area contributed by atoms with E-state index in [2.05, 4.69) is 15.3 Å². The van der Waals surface area contributed by atoms with E-state index in [9.17, 15) is 24.3 Å². The van der Waals surface area contributed by atoms with Gasteiger partial charge in [-0.05, 0) is 30.9 Å². The third kappa shape index (κ3) is 8.87. The Hall–Kier alpha value is -1.40. The monoisotopic (exact) mass is 738 g/mol. The van der Waals surface area contributed by atoms with Crippen molar-refractivity contribution >= 4 is 118 Å². The van der Waals surface area contributed by atoms with Gasteiger partial charge in [-0.15, -0.1) is 47.0 Å². The Morgan fingerprint density at radius 1 is 1.02 bits per heavy atom. The van der Waals surface area contributed by atoms with Crippen molar-refractivity contribution < 1.29 is 29.4 Å². The number of aromatic nitrogens is 2. The fourth-order valence-corrected chi connectivity index (χ4v) is 10.5. The second-order valence-electron chi connectivity index (χ2n) is 8.69. The van der Waals surface area contributed by atoms with E-state index in [1.807, 2.05) is 19.9 Å². The van der Waals surface area contributed by atoms with E-state index in [-0.39, 0.29) is 17.2 Å². The molecule has 1 saturated heterocycles. The van der Waals surface area contributed by atoms with Crippen molar-refractivity contribution in [3.05, 3.63) is 44.5 Å². The summed E-state index contributed by atoms with van der Waals surface area (Å²) in [6, 6.07) is 4.15. The molecule has 2 aliphatic rings. The largest absolute Gasteiger partial charge is 0.481 e. The van der Waals surface area contributed by atoms with Gasteiger partial charge in [0.1, 0.15) is 22.1 Å². The van der Waals surface area contributed by atoms with Crippen molar-refractivity contribution in [2.24, 2.45) is 0 Å². The van der Waals surface area contributed by atoms with Gasteiger partial charge in [-0.3, -0.25) is 19.3 Å². The summed E-state index contributed by atoms with van der Waals surface area (Å²) < 4.78 is 0. The number of aryl methyl sites for hydroxylation is 1. The highest BCUT2D eigenvalue weighted by Gasteiger charge is 2.54. The number of thioether (sulfide) groups is 6. The van der Waals surface area contributed by atoms with Crippen molar-refractivity contribution in [3.8, 4) is 0 Å². The summed E-state index contributed by atoms with van der Waals surface area (Å²) in [5.74, 6) is -2.05. The van der Waals surface area contributed by atoms with Crippen LogP contribution in [0.4, 0.5) is 0 Å². The molecule has 0 bridgehead atoms. The second kappa shape index (κ2) is 15.7. The number of fused-ring (bicyclic) bond motifs is 1. The summed E-state index contributed by atoms with van der Waals surface area (Å²) in [6.45, 7) is 3.93. The number of halogens is 2. The SMILES string of the molecule is CCSc1nc(C)cc(SCSC2=C(C(=O)O)N3C(=O)[C@@H](NC(=O)CSc4cc(Cl)c(SCC(=O)O)cc4Cl)[C@H]3SC2)n1. The molecule has 0 unspecified atom stereocenters. The van der Waals surface area contributed by atoms with Gasteiger partial charge in [0.05, 0.1) is 21.6 Å². The minimum absolute atomic E-state index is 0.0531. The first kappa shape index (κ1) is 34.5. The fourth-order valence-electron chi connectivity index (χ4n) is 3.87. The van der Waals surface area contributed by atoms with Crippen molar-refractivity contribution in [2.75, 3.05) is 28.1 Å². The van der Waals surface area contributed by atoms with Gasteiger partial charge in [-0.25, -0.2) is 14.8 Å². The maximum atomic E-state index is 13.0. The van der Waals surface area contributed by atoms with Crippen molar-refractivity contribution in [1.29, 1.82) is 0 Å². The number of amides is 2. The number of aliphatic carboxylic acids is 2. The van der Waals surface area contributed by atoms with Crippen LogP contribution >= 0.6 is 93.8 Å². The number of rotatable bonds is 14. The lowest BCUT2D eigenvalue weighted by Crippen LogP contribution is -2.70. The molecule has 1 aromatic heterocycles. The number of hydrogen-bond acceptors (Lipinski definition) is 12. The minimum atomic E-state index is -1.19. The van der Waals surface area contributed by atoms with Crippen LogP contribution in [0.15, 0.2) is 48.8 Å². The molecule has 3 N–H and O–H groups in total. The summed E-state index contributed by atoms with van der Waals surface area (Å²) in [7, 11) is 0. The van der Waals surface area contributed by atoms with E-state index in [4.69, 9.17) is 28.3 Å². The number of carboxylic acid groups (broad SMARTS) is 2. The molecule has 1 fully saturated rings. The van der Waals surface area contributed by atoms with Crippen LogP contribution in [0.2, 0.25) is 10.0 Å². The first-order valence-corrected chi connectivity index (χ1v) is 19.1. The van der Waals surface area contributed by atoms with Gasteiger partial charge in [0, 0.05) is 31.2 Å². The number of β-lactam (4-membered cyclic amide) rings is 1. The predicted molar refractivity (Wildman–Crippen MR) is 177 cm³/mol. The van der Waals surface area contributed by atoms with Crippen LogP contribution < -0.4 is 5.32 Å². The zero-order valence-electron chi connectivity index (χ0n) is 22.5. The molecule has 0 spiro atoms. The number of carboxylic acids is 2. The Bertz CT molecular complexity index is 1480. The van der Waals surface area contributed by atoms with Crippen LogP contribution in [0.25, 0.3) is 0 Å². The van der Waals surface area contributed by atoms with E-state index < -0.39 is 35.2 Å². The highest BCUT2D eigenvalue weighted by molar-refractivity contribution is 8.18. The van der Waals surface area contributed by atoms with Gasteiger partial charge < -0.3 is 15.5 Å². The molecule has 230 valence electrons. The molecule has 43 heavy (non-hydrogen) atoms. The van der Waals surface area contributed by atoms with E-state index in [1.165, 1.54) is 40.2 Å². The maximum Gasteiger partial charge on any atom is 0.353 e. The summed E-state index contributed by atoms with van der Waals surface area (Å²) in [6.07, 6.45) is 0. The molecule has 18 heteroatoms. The van der Waals surface area contributed by atoms with Gasteiger partial charge in [-0.1, -0.05) is 53.6 Å². The van der Waals surface area contributed by atoms with Crippen molar-refractivity contribution in [1.82, 2.24) is 20.2 Å². The Kier molecular flexibility index (Phi) is 12.6. The van der Waals surface area contributed by atoms with Crippen LogP contribution in [0.1, 0.15) is 12.6 Å². The Balaban J connectivity index is 1.33. The molecule has 0 radical (unpaired) electrons. The molecule has 1 aromatic carbocycles. The zero-order valence-corrected chi connectivity index (χ0v) is 28.9. The van der Waals surface area contributed by atoms with Crippen LogP contribution in [0.3, 0.4) is 0 Å². The van der Waals surface area contributed by atoms with Gasteiger partial charge >= 0.3 is 11.9 Å². The van der Waals surface area contributed by atoms with E-state index >= 15 is 0 Å². The zero-order chi connectivity index (χ0) is 31.3. The topological polar surface area (TPSA) is 150 Å². The molecule has 0 saturated carbocycles. The molecular formula is C25H24Cl2N4O6S6. The number of benzene rings is 1. The van der Waals surface area contributed by atoms with Crippen molar-refractivity contribution in [3.63, 3.8) is 0 Å². The summed E-state index contributed by atoms with van der Waals surface area (Å²) in [5.41, 5.74) is 0.803. The normalized spacial score (nSPS) is 17.9.